The first-order valence-electron chi connectivity index (χ1n) is 2.75. The van der Waals surface area contributed by atoms with Gasteiger partial charge in [0.2, 0.25) is 0 Å². The Morgan fingerprint density at radius 1 is 1.67 bits per heavy atom. The molecule has 0 unspecified atom stereocenters. The van der Waals surface area contributed by atoms with E-state index < -0.39 is 0 Å². The molecule has 0 saturated carbocycles. The second kappa shape index (κ2) is 2.36. The van der Waals surface area contributed by atoms with Crippen molar-refractivity contribution in [1.82, 2.24) is 0 Å². The number of carbonyl (C=O) groups is 1. The minimum Gasteiger partial charge on any atom is -0.302 e. The first-order chi connectivity index (χ1) is 4.25. The van der Waals surface area contributed by atoms with Crippen molar-refractivity contribution in [3.05, 3.63) is 22.8 Å². The molecular formula is C7H7ClO. The summed E-state index contributed by atoms with van der Waals surface area (Å²) in [5.41, 5.74) is 1.02. The zero-order chi connectivity index (χ0) is 6.85. The molecule has 1 rings (SSSR count). The van der Waals surface area contributed by atoms with E-state index in [1.165, 1.54) is 0 Å². The SMILES string of the molecule is CC1=CC=C(Cl)[C@@H]1C=O. The lowest BCUT2D eigenvalue weighted by molar-refractivity contribution is -0.109. The summed E-state index contributed by atoms with van der Waals surface area (Å²) < 4.78 is 0. The summed E-state index contributed by atoms with van der Waals surface area (Å²) in [4.78, 5) is 10.3. The Labute approximate surface area is 59.0 Å². The normalized spacial score (nSPS) is 25.3. The van der Waals surface area contributed by atoms with Gasteiger partial charge >= 0.3 is 0 Å². The number of hydrogen-bond donors (Lipinski definition) is 0. The summed E-state index contributed by atoms with van der Waals surface area (Å²) in [7, 11) is 0. The smallest absolute Gasteiger partial charge is 0.132 e. The van der Waals surface area contributed by atoms with Crippen LogP contribution < -0.4 is 0 Å². The molecule has 0 spiro atoms. The van der Waals surface area contributed by atoms with Gasteiger partial charge in [0.1, 0.15) is 6.29 Å². The molecule has 0 aromatic carbocycles. The van der Waals surface area contributed by atoms with E-state index in [2.05, 4.69) is 0 Å². The molecular weight excluding hydrogens is 136 g/mol. The Bertz CT molecular complexity index is 173. The Balaban J connectivity index is 2.81. The molecule has 1 aliphatic carbocycles. The summed E-state index contributed by atoms with van der Waals surface area (Å²) in [5.74, 6) is -0.160. The van der Waals surface area contributed by atoms with Crippen LogP contribution in [0.2, 0.25) is 0 Å². The third-order valence-corrected chi connectivity index (χ3v) is 1.79. The molecule has 0 saturated heterocycles. The Morgan fingerprint density at radius 3 is 2.56 bits per heavy atom. The quantitative estimate of drug-likeness (QED) is 0.511. The maximum atomic E-state index is 10.3. The van der Waals surface area contributed by atoms with Gasteiger partial charge in [0, 0.05) is 5.03 Å². The Hall–Kier alpha value is -0.560. The van der Waals surface area contributed by atoms with E-state index in [4.69, 9.17) is 11.6 Å². The summed E-state index contributed by atoms with van der Waals surface area (Å²) in [6.45, 7) is 1.89. The molecule has 9 heavy (non-hydrogen) atoms. The van der Waals surface area contributed by atoms with Crippen LogP contribution in [0, 0.1) is 5.92 Å². The third-order valence-electron chi connectivity index (χ3n) is 1.43. The van der Waals surface area contributed by atoms with Gasteiger partial charge in [0.05, 0.1) is 5.92 Å². The van der Waals surface area contributed by atoms with Crippen molar-refractivity contribution in [2.45, 2.75) is 6.92 Å². The van der Waals surface area contributed by atoms with Crippen LogP contribution in [0.4, 0.5) is 0 Å². The molecule has 48 valence electrons. The molecule has 0 fully saturated rings. The average Bonchev–Trinajstić information content (AvgIpc) is 2.12. The predicted molar refractivity (Wildman–Crippen MR) is 37.2 cm³/mol. The van der Waals surface area contributed by atoms with Crippen molar-refractivity contribution in [2.75, 3.05) is 0 Å². The molecule has 1 atom stereocenters. The van der Waals surface area contributed by atoms with Crippen LogP contribution in [0.1, 0.15) is 6.92 Å². The van der Waals surface area contributed by atoms with Crippen LogP contribution >= 0.6 is 11.6 Å². The van der Waals surface area contributed by atoms with Crippen molar-refractivity contribution in [1.29, 1.82) is 0 Å². The van der Waals surface area contributed by atoms with Crippen LogP contribution in [-0.2, 0) is 4.79 Å². The molecule has 0 aromatic rings. The van der Waals surface area contributed by atoms with Crippen molar-refractivity contribution in [3.63, 3.8) is 0 Å². The zero-order valence-electron chi connectivity index (χ0n) is 5.10. The molecule has 0 N–H and O–H groups in total. The number of rotatable bonds is 1. The number of carbonyl (C=O) groups excluding carboxylic acids is 1. The average molecular weight is 143 g/mol. The maximum absolute atomic E-state index is 10.3. The third kappa shape index (κ3) is 1.06. The van der Waals surface area contributed by atoms with Crippen molar-refractivity contribution in [3.8, 4) is 0 Å². The minimum absolute atomic E-state index is 0.160. The summed E-state index contributed by atoms with van der Waals surface area (Å²) >= 11 is 5.65. The lowest BCUT2D eigenvalue weighted by Gasteiger charge is -2.00. The lowest BCUT2D eigenvalue weighted by Crippen LogP contribution is -1.98. The van der Waals surface area contributed by atoms with Gasteiger partial charge in [-0.1, -0.05) is 23.3 Å². The van der Waals surface area contributed by atoms with Crippen LogP contribution in [0.25, 0.3) is 0 Å². The van der Waals surface area contributed by atoms with Gasteiger partial charge in [0.15, 0.2) is 0 Å². The van der Waals surface area contributed by atoms with E-state index in [9.17, 15) is 4.79 Å². The fourth-order valence-corrected chi connectivity index (χ4v) is 1.09. The number of aldehydes is 1. The molecule has 0 heterocycles. The van der Waals surface area contributed by atoms with Crippen LogP contribution in [-0.4, -0.2) is 6.29 Å². The van der Waals surface area contributed by atoms with Gasteiger partial charge in [-0.3, -0.25) is 0 Å². The van der Waals surface area contributed by atoms with Crippen LogP contribution in [0.5, 0.6) is 0 Å². The molecule has 1 nitrogen and oxygen atoms in total. The highest BCUT2D eigenvalue weighted by molar-refractivity contribution is 6.31. The highest BCUT2D eigenvalue weighted by Crippen LogP contribution is 2.26. The molecule has 0 aromatic heterocycles. The number of halogens is 1. The first kappa shape index (κ1) is 6.56. The van der Waals surface area contributed by atoms with Gasteiger partial charge < -0.3 is 4.79 Å². The number of hydrogen-bond acceptors (Lipinski definition) is 1. The highest BCUT2D eigenvalue weighted by Gasteiger charge is 2.16. The van der Waals surface area contributed by atoms with E-state index >= 15 is 0 Å². The standard InChI is InChI=1S/C7H7ClO/c1-5-2-3-7(8)6(5)4-9/h2-4,6H,1H3/t6-/m1/s1. The second-order valence-electron chi connectivity index (χ2n) is 2.08. The van der Waals surface area contributed by atoms with Crippen molar-refractivity contribution >= 4 is 17.9 Å². The molecule has 2 heteroatoms. The van der Waals surface area contributed by atoms with E-state index in [0.717, 1.165) is 11.9 Å². The van der Waals surface area contributed by atoms with E-state index in [-0.39, 0.29) is 5.92 Å². The second-order valence-corrected chi connectivity index (χ2v) is 2.51. The topological polar surface area (TPSA) is 17.1 Å². The van der Waals surface area contributed by atoms with Crippen LogP contribution in [0.3, 0.4) is 0 Å². The predicted octanol–water partition coefficient (Wildman–Crippen LogP) is 1.88. The van der Waals surface area contributed by atoms with E-state index in [0.29, 0.717) is 5.03 Å². The molecule has 0 bridgehead atoms. The molecule has 0 radical (unpaired) electrons. The fourth-order valence-electron chi connectivity index (χ4n) is 0.808. The van der Waals surface area contributed by atoms with Gasteiger partial charge in [0.25, 0.3) is 0 Å². The molecule has 0 aliphatic heterocycles. The Morgan fingerprint density at radius 2 is 2.33 bits per heavy atom. The molecule has 1 aliphatic rings. The Kier molecular flexibility index (Phi) is 1.72. The van der Waals surface area contributed by atoms with E-state index in [1.54, 1.807) is 6.08 Å². The molecule has 0 amide bonds. The van der Waals surface area contributed by atoms with Gasteiger partial charge in [-0.2, -0.15) is 0 Å². The summed E-state index contributed by atoms with van der Waals surface area (Å²) in [5, 5.41) is 0.627. The van der Waals surface area contributed by atoms with E-state index in [1.807, 2.05) is 13.0 Å². The van der Waals surface area contributed by atoms with Crippen molar-refractivity contribution < 1.29 is 4.79 Å². The highest BCUT2D eigenvalue weighted by atomic mass is 35.5. The van der Waals surface area contributed by atoms with Gasteiger partial charge in [-0.25, -0.2) is 0 Å². The van der Waals surface area contributed by atoms with Gasteiger partial charge in [-0.05, 0) is 13.0 Å². The largest absolute Gasteiger partial charge is 0.302 e. The zero-order valence-corrected chi connectivity index (χ0v) is 5.85. The summed E-state index contributed by atoms with van der Waals surface area (Å²) in [6.07, 6.45) is 4.48. The van der Waals surface area contributed by atoms with Crippen molar-refractivity contribution in [2.24, 2.45) is 5.92 Å². The minimum atomic E-state index is -0.160. The first-order valence-corrected chi connectivity index (χ1v) is 3.12. The number of allylic oxidation sites excluding steroid dienone is 4. The fraction of sp³-hybridized carbons (Fsp3) is 0.286. The monoisotopic (exact) mass is 142 g/mol. The van der Waals surface area contributed by atoms with Gasteiger partial charge in [-0.15, -0.1) is 0 Å². The lowest BCUT2D eigenvalue weighted by atomic mass is 10.1. The van der Waals surface area contributed by atoms with Crippen LogP contribution in [0.15, 0.2) is 22.8 Å². The summed E-state index contributed by atoms with van der Waals surface area (Å²) in [6, 6.07) is 0. The maximum Gasteiger partial charge on any atom is 0.132 e.